The molecule has 2 amide bonds. The standard InChI is InChI=1S/C18H18BrFN2O2/c1-12-9-15(19)7-8-17(12)22(13(2)23)11-18(24)21-10-14-5-3-4-6-16(14)20/h3-9H,10-11H2,1-2H3,(H,21,24). The SMILES string of the molecule is CC(=O)N(CC(=O)NCc1ccccc1F)c1ccc(Br)cc1C. The van der Waals surface area contributed by atoms with Crippen molar-refractivity contribution in [3.63, 3.8) is 0 Å². The van der Waals surface area contributed by atoms with Crippen LogP contribution in [-0.2, 0) is 16.1 Å². The van der Waals surface area contributed by atoms with Crippen LogP contribution in [0.4, 0.5) is 10.1 Å². The number of halogens is 2. The number of carbonyl (C=O) groups is 2. The largest absolute Gasteiger partial charge is 0.350 e. The van der Waals surface area contributed by atoms with Crippen molar-refractivity contribution in [2.45, 2.75) is 20.4 Å². The van der Waals surface area contributed by atoms with Gasteiger partial charge in [0.15, 0.2) is 0 Å². The summed E-state index contributed by atoms with van der Waals surface area (Å²) in [5.41, 5.74) is 1.95. The molecule has 0 saturated heterocycles. The monoisotopic (exact) mass is 392 g/mol. The predicted octanol–water partition coefficient (Wildman–Crippen LogP) is 3.57. The molecule has 0 fully saturated rings. The molecule has 4 nitrogen and oxygen atoms in total. The van der Waals surface area contributed by atoms with Gasteiger partial charge < -0.3 is 10.2 Å². The molecule has 0 heterocycles. The minimum atomic E-state index is -0.370. The highest BCUT2D eigenvalue weighted by Crippen LogP contribution is 2.24. The van der Waals surface area contributed by atoms with Crippen molar-refractivity contribution in [3.05, 3.63) is 63.9 Å². The highest BCUT2D eigenvalue weighted by atomic mass is 79.9. The molecular formula is C18H18BrFN2O2. The van der Waals surface area contributed by atoms with Crippen molar-refractivity contribution in [1.29, 1.82) is 0 Å². The summed E-state index contributed by atoms with van der Waals surface area (Å²) in [7, 11) is 0. The highest BCUT2D eigenvalue weighted by molar-refractivity contribution is 9.10. The van der Waals surface area contributed by atoms with Gasteiger partial charge >= 0.3 is 0 Å². The fourth-order valence-electron chi connectivity index (χ4n) is 2.32. The summed E-state index contributed by atoms with van der Waals surface area (Å²) in [6.07, 6.45) is 0. The number of hydrogen-bond donors (Lipinski definition) is 1. The molecule has 2 rings (SSSR count). The Kier molecular flexibility index (Phi) is 6.09. The molecule has 0 atom stereocenters. The van der Waals surface area contributed by atoms with Crippen molar-refractivity contribution in [1.82, 2.24) is 5.32 Å². The Morgan fingerprint density at radius 3 is 2.54 bits per heavy atom. The lowest BCUT2D eigenvalue weighted by atomic mass is 10.1. The first-order valence-corrected chi connectivity index (χ1v) is 8.22. The fraction of sp³-hybridized carbons (Fsp3) is 0.222. The molecule has 0 saturated carbocycles. The van der Waals surface area contributed by atoms with E-state index in [0.29, 0.717) is 11.3 Å². The van der Waals surface area contributed by atoms with Crippen LogP contribution in [0.3, 0.4) is 0 Å². The van der Waals surface area contributed by atoms with E-state index in [-0.39, 0.29) is 30.7 Å². The molecule has 0 aromatic heterocycles. The average Bonchev–Trinajstić information content (AvgIpc) is 2.52. The molecular weight excluding hydrogens is 375 g/mol. The Bertz CT molecular complexity index is 764. The number of carbonyl (C=O) groups excluding carboxylic acids is 2. The van der Waals surface area contributed by atoms with Gasteiger partial charge in [0.2, 0.25) is 11.8 Å². The summed E-state index contributed by atoms with van der Waals surface area (Å²) >= 11 is 3.37. The molecule has 0 bridgehead atoms. The van der Waals surface area contributed by atoms with Crippen molar-refractivity contribution in [3.8, 4) is 0 Å². The number of hydrogen-bond acceptors (Lipinski definition) is 2. The van der Waals surface area contributed by atoms with E-state index in [4.69, 9.17) is 0 Å². The number of nitrogens with zero attached hydrogens (tertiary/aromatic N) is 1. The van der Waals surface area contributed by atoms with Crippen LogP contribution in [0.15, 0.2) is 46.9 Å². The Labute approximate surface area is 148 Å². The molecule has 0 aliphatic heterocycles. The third-order valence-corrected chi connectivity index (χ3v) is 4.06. The first kappa shape index (κ1) is 18.1. The maximum absolute atomic E-state index is 13.6. The number of nitrogens with one attached hydrogen (secondary N) is 1. The molecule has 6 heteroatoms. The van der Waals surface area contributed by atoms with Gasteiger partial charge in [0.1, 0.15) is 12.4 Å². The summed E-state index contributed by atoms with van der Waals surface area (Å²) in [5, 5.41) is 2.64. The number of rotatable bonds is 5. The molecule has 0 aliphatic rings. The Morgan fingerprint density at radius 1 is 1.21 bits per heavy atom. The van der Waals surface area contributed by atoms with Crippen LogP contribution in [0.5, 0.6) is 0 Å². The number of aryl methyl sites for hydroxylation is 1. The molecule has 1 N–H and O–H groups in total. The molecule has 0 radical (unpaired) electrons. The lowest BCUT2D eigenvalue weighted by Crippen LogP contribution is -2.40. The van der Waals surface area contributed by atoms with E-state index in [9.17, 15) is 14.0 Å². The summed E-state index contributed by atoms with van der Waals surface area (Å²) in [6, 6.07) is 11.7. The zero-order valence-corrected chi connectivity index (χ0v) is 15.1. The number of anilines is 1. The fourth-order valence-corrected chi connectivity index (χ4v) is 2.80. The molecule has 0 aliphatic carbocycles. The van der Waals surface area contributed by atoms with E-state index < -0.39 is 0 Å². The van der Waals surface area contributed by atoms with E-state index in [0.717, 1.165) is 10.0 Å². The maximum Gasteiger partial charge on any atom is 0.240 e. The van der Waals surface area contributed by atoms with Crippen molar-refractivity contribution < 1.29 is 14.0 Å². The summed E-state index contributed by atoms with van der Waals surface area (Å²) in [5.74, 6) is -0.956. The predicted molar refractivity (Wildman–Crippen MR) is 95.2 cm³/mol. The van der Waals surface area contributed by atoms with E-state index in [1.807, 2.05) is 19.1 Å². The lowest BCUT2D eigenvalue weighted by Gasteiger charge is -2.22. The van der Waals surface area contributed by atoms with Crippen LogP contribution < -0.4 is 10.2 Å². The van der Waals surface area contributed by atoms with Crippen molar-refractivity contribution >= 4 is 33.4 Å². The van der Waals surface area contributed by atoms with Gasteiger partial charge in [-0.1, -0.05) is 34.1 Å². The van der Waals surface area contributed by atoms with E-state index in [1.165, 1.54) is 17.9 Å². The Hall–Kier alpha value is -2.21. The van der Waals surface area contributed by atoms with Crippen molar-refractivity contribution in [2.75, 3.05) is 11.4 Å². The number of amides is 2. The minimum absolute atomic E-state index is 0.0799. The molecule has 2 aromatic carbocycles. The van der Waals surface area contributed by atoms with Crippen molar-refractivity contribution in [2.24, 2.45) is 0 Å². The summed E-state index contributed by atoms with van der Waals surface area (Å²) in [6.45, 7) is 3.24. The Morgan fingerprint density at radius 2 is 1.92 bits per heavy atom. The van der Waals surface area contributed by atoms with Crippen LogP contribution in [0, 0.1) is 12.7 Å². The number of benzene rings is 2. The zero-order valence-electron chi connectivity index (χ0n) is 13.5. The second kappa shape index (κ2) is 8.06. The van der Waals surface area contributed by atoms with Gasteiger partial charge in [-0.25, -0.2) is 4.39 Å². The van der Waals surface area contributed by atoms with Gasteiger partial charge in [0.25, 0.3) is 0 Å². The van der Waals surface area contributed by atoms with Gasteiger partial charge in [-0.15, -0.1) is 0 Å². The third kappa shape index (κ3) is 4.64. The van der Waals surface area contributed by atoms with Gasteiger partial charge in [-0.2, -0.15) is 0 Å². The van der Waals surface area contributed by atoms with E-state index in [1.54, 1.807) is 24.3 Å². The van der Waals surface area contributed by atoms with Crippen LogP contribution in [-0.4, -0.2) is 18.4 Å². The lowest BCUT2D eigenvalue weighted by molar-refractivity contribution is -0.123. The van der Waals surface area contributed by atoms with Gasteiger partial charge in [-0.05, 0) is 36.8 Å². The maximum atomic E-state index is 13.6. The van der Waals surface area contributed by atoms with E-state index >= 15 is 0 Å². The molecule has 2 aromatic rings. The summed E-state index contributed by atoms with van der Waals surface area (Å²) in [4.78, 5) is 25.5. The first-order valence-electron chi connectivity index (χ1n) is 7.43. The molecule has 0 spiro atoms. The third-order valence-electron chi connectivity index (χ3n) is 3.57. The molecule has 0 unspecified atom stereocenters. The van der Waals surface area contributed by atoms with Gasteiger partial charge in [0.05, 0.1) is 0 Å². The second-order valence-corrected chi connectivity index (χ2v) is 6.32. The van der Waals surface area contributed by atoms with Gasteiger partial charge in [0, 0.05) is 29.2 Å². The topological polar surface area (TPSA) is 49.4 Å². The Balaban J connectivity index is 2.06. The molecule has 24 heavy (non-hydrogen) atoms. The quantitative estimate of drug-likeness (QED) is 0.845. The van der Waals surface area contributed by atoms with Crippen LogP contribution >= 0.6 is 15.9 Å². The van der Waals surface area contributed by atoms with Crippen LogP contribution in [0.1, 0.15) is 18.1 Å². The summed E-state index contributed by atoms with van der Waals surface area (Å²) < 4.78 is 14.5. The van der Waals surface area contributed by atoms with E-state index in [2.05, 4.69) is 21.2 Å². The normalized spacial score (nSPS) is 10.3. The second-order valence-electron chi connectivity index (χ2n) is 5.40. The highest BCUT2D eigenvalue weighted by Gasteiger charge is 2.17. The van der Waals surface area contributed by atoms with Crippen LogP contribution in [0.2, 0.25) is 0 Å². The average molecular weight is 393 g/mol. The smallest absolute Gasteiger partial charge is 0.240 e. The van der Waals surface area contributed by atoms with Gasteiger partial charge in [-0.3, -0.25) is 9.59 Å². The zero-order chi connectivity index (χ0) is 17.7. The first-order chi connectivity index (χ1) is 11.4. The minimum Gasteiger partial charge on any atom is -0.350 e. The van der Waals surface area contributed by atoms with Crippen LogP contribution in [0.25, 0.3) is 0 Å². The molecule has 126 valence electrons.